The summed E-state index contributed by atoms with van der Waals surface area (Å²) in [7, 11) is 0. The number of hydrogen-bond donors (Lipinski definition) is 0. The Labute approximate surface area is 121 Å². The van der Waals surface area contributed by atoms with Crippen molar-refractivity contribution in [3.63, 3.8) is 0 Å². The van der Waals surface area contributed by atoms with Gasteiger partial charge in [-0.2, -0.15) is 5.26 Å². The van der Waals surface area contributed by atoms with Crippen molar-refractivity contribution in [3.8, 4) is 11.8 Å². The average molecular weight is 352 g/mol. The van der Waals surface area contributed by atoms with Crippen molar-refractivity contribution in [2.24, 2.45) is 0 Å². The van der Waals surface area contributed by atoms with E-state index in [4.69, 9.17) is 10.00 Å². The van der Waals surface area contributed by atoms with E-state index in [9.17, 15) is 18.0 Å². The molecule has 1 rings (SSSR count). The number of alkyl halides is 4. The molecule has 0 heterocycles. The highest BCUT2D eigenvalue weighted by molar-refractivity contribution is 9.08. The van der Waals surface area contributed by atoms with Crippen LogP contribution in [-0.2, 0) is 10.1 Å². The first-order valence-corrected chi connectivity index (χ1v) is 6.50. The second kappa shape index (κ2) is 6.61. The van der Waals surface area contributed by atoms with Gasteiger partial charge in [-0.25, -0.2) is 4.79 Å². The average Bonchev–Trinajstić information content (AvgIpc) is 2.36. The van der Waals surface area contributed by atoms with Crippen LogP contribution >= 0.6 is 15.9 Å². The van der Waals surface area contributed by atoms with Crippen LogP contribution in [0.5, 0.6) is 5.75 Å². The van der Waals surface area contributed by atoms with Crippen molar-refractivity contribution in [3.05, 3.63) is 28.8 Å². The Hall–Kier alpha value is -1.75. The van der Waals surface area contributed by atoms with E-state index in [1.54, 1.807) is 6.92 Å². The molecule has 0 atom stereocenters. The molecule has 0 radical (unpaired) electrons. The lowest BCUT2D eigenvalue weighted by molar-refractivity contribution is -0.274. The molecule has 8 heteroatoms. The summed E-state index contributed by atoms with van der Waals surface area (Å²) < 4.78 is 45.4. The lowest BCUT2D eigenvalue weighted by Crippen LogP contribution is -2.19. The predicted octanol–water partition coefficient (Wildman–Crippen LogP) is 3.53. The fraction of sp³-hybridized carbons (Fsp3) is 0.333. The summed E-state index contributed by atoms with van der Waals surface area (Å²) in [6.45, 7) is 1.59. The van der Waals surface area contributed by atoms with Crippen LogP contribution in [0.1, 0.15) is 28.4 Å². The number of ether oxygens (including phenoxy) is 2. The van der Waals surface area contributed by atoms with Gasteiger partial charge in [0.15, 0.2) is 0 Å². The third kappa shape index (κ3) is 4.13. The molecule has 0 aromatic heterocycles. The maximum Gasteiger partial charge on any atom is 0.573 e. The molecule has 1 aromatic rings. The van der Waals surface area contributed by atoms with Crippen LogP contribution in [0, 0.1) is 11.3 Å². The molecule has 1 aromatic carbocycles. The van der Waals surface area contributed by atoms with Crippen LogP contribution in [0.4, 0.5) is 13.2 Å². The Kier molecular flexibility index (Phi) is 5.39. The molecule has 0 unspecified atom stereocenters. The van der Waals surface area contributed by atoms with E-state index >= 15 is 0 Å². The molecule has 0 saturated carbocycles. The van der Waals surface area contributed by atoms with E-state index in [1.165, 1.54) is 12.1 Å². The quantitative estimate of drug-likeness (QED) is 0.615. The third-order valence-corrected chi connectivity index (χ3v) is 2.80. The molecule has 0 aliphatic carbocycles. The standard InChI is InChI=1S/C12H9BrF3NO3/c1-2-19-11(18)8-3-7(5-13)4-10(9(8)6-17)20-12(14,15)16/h3-4H,2,5H2,1H3. The minimum atomic E-state index is -4.96. The number of carbonyl (C=O) groups is 1. The molecule has 0 aliphatic rings. The topological polar surface area (TPSA) is 59.3 Å². The van der Waals surface area contributed by atoms with Crippen molar-refractivity contribution in [1.82, 2.24) is 0 Å². The number of benzene rings is 1. The first kappa shape index (κ1) is 16.3. The molecule has 108 valence electrons. The maximum atomic E-state index is 12.3. The van der Waals surface area contributed by atoms with Gasteiger partial charge in [0, 0.05) is 5.33 Å². The Morgan fingerprint density at radius 1 is 1.45 bits per heavy atom. The smallest absolute Gasteiger partial charge is 0.462 e. The van der Waals surface area contributed by atoms with Crippen molar-refractivity contribution in [2.75, 3.05) is 6.61 Å². The summed E-state index contributed by atoms with van der Waals surface area (Å²) in [4.78, 5) is 11.7. The molecule has 0 fully saturated rings. The van der Waals surface area contributed by atoms with E-state index in [-0.39, 0.29) is 17.5 Å². The Morgan fingerprint density at radius 3 is 2.55 bits per heavy atom. The van der Waals surface area contributed by atoms with Crippen LogP contribution in [0.3, 0.4) is 0 Å². The van der Waals surface area contributed by atoms with E-state index in [2.05, 4.69) is 20.7 Å². The highest BCUT2D eigenvalue weighted by Gasteiger charge is 2.33. The normalized spacial score (nSPS) is 10.8. The zero-order chi connectivity index (χ0) is 15.3. The molecule has 0 spiro atoms. The molecular weight excluding hydrogens is 343 g/mol. The summed E-state index contributed by atoms with van der Waals surface area (Å²) in [5.41, 5.74) is -0.415. The molecule has 0 N–H and O–H groups in total. The van der Waals surface area contributed by atoms with Crippen LogP contribution in [-0.4, -0.2) is 18.9 Å². The van der Waals surface area contributed by atoms with Crippen molar-refractivity contribution >= 4 is 21.9 Å². The minimum absolute atomic E-state index is 0.0394. The van der Waals surface area contributed by atoms with Gasteiger partial charge in [-0.1, -0.05) is 15.9 Å². The van der Waals surface area contributed by atoms with Crippen LogP contribution in [0.15, 0.2) is 12.1 Å². The molecule has 0 aliphatic heterocycles. The van der Waals surface area contributed by atoms with Gasteiger partial charge in [0.25, 0.3) is 0 Å². The predicted molar refractivity (Wildman–Crippen MR) is 66.4 cm³/mol. The first-order chi connectivity index (χ1) is 9.32. The van der Waals surface area contributed by atoms with E-state index in [0.29, 0.717) is 5.56 Å². The van der Waals surface area contributed by atoms with E-state index < -0.39 is 23.6 Å². The number of carbonyl (C=O) groups excluding carboxylic acids is 1. The molecule has 0 bridgehead atoms. The summed E-state index contributed by atoms with van der Waals surface area (Å²) in [5.74, 6) is -1.60. The van der Waals surface area contributed by atoms with Gasteiger partial charge in [0.1, 0.15) is 17.4 Å². The van der Waals surface area contributed by atoms with Crippen molar-refractivity contribution in [1.29, 1.82) is 5.26 Å². The molecule has 0 amide bonds. The summed E-state index contributed by atoms with van der Waals surface area (Å²) in [5, 5.41) is 9.15. The highest BCUT2D eigenvalue weighted by Crippen LogP contribution is 2.31. The lowest BCUT2D eigenvalue weighted by Gasteiger charge is -2.14. The highest BCUT2D eigenvalue weighted by atomic mass is 79.9. The molecular formula is C12H9BrF3NO3. The van der Waals surface area contributed by atoms with Crippen LogP contribution < -0.4 is 4.74 Å². The lowest BCUT2D eigenvalue weighted by atomic mass is 10.0. The summed E-state index contributed by atoms with van der Waals surface area (Å²) in [6.07, 6.45) is -4.96. The second-order valence-corrected chi connectivity index (χ2v) is 4.09. The zero-order valence-corrected chi connectivity index (χ0v) is 11.8. The van der Waals surface area contributed by atoms with Gasteiger partial charge in [0.2, 0.25) is 0 Å². The SMILES string of the molecule is CCOC(=O)c1cc(CBr)cc(OC(F)(F)F)c1C#N. The number of esters is 1. The maximum absolute atomic E-state index is 12.3. The van der Waals surface area contributed by atoms with Gasteiger partial charge >= 0.3 is 12.3 Å². The zero-order valence-electron chi connectivity index (χ0n) is 10.3. The van der Waals surface area contributed by atoms with Crippen molar-refractivity contribution < 1.29 is 27.4 Å². The molecule has 4 nitrogen and oxygen atoms in total. The van der Waals surface area contributed by atoms with Gasteiger partial charge in [-0.05, 0) is 24.6 Å². The van der Waals surface area contributed by atoms with Gasteiger partial charge in [0.05, 0.1) is 12.2 Å². The van der Waals surface area contributed by atoms with Gasteiger partial charge in [-0.3, -0.25) is 0 Å². The number of hydrogen-bond acceptors (Lipinski definition) is 4. The number of rotatable bonds is 4. The Morgan fingerprint density at radius 2 is 2.10 bits per heavy atom. The van der Waals surface area contributed by atoms with Crippen molar-refractivity contribution in [2.45, 2.75) is 18.6 Å². The minimum Gasteiger partial charge on any atom is -0.462 e. The number of nitriles is 1. The summed E-state index contributed by atoms with van der Waals surface area (Å²) in [6, 6.07) is 3.87. The Balaban J connectivity index is 3.40. The number of halogens is 4. The van der Waals surface area contributed by atoms with E-state index in [1.807, 2.05) is 0 Å². The third-order valence-electron chi connectivity index (χ3n) is 2.15. The fourth-order valence-corrected chi connectivity index (χ4v) is 1.76. The summed E-state index contributed by atoms with van der Waals surface area (Å²) >= 11 is 3.07. The monoisotopic (exact) mass is 351 g/mol. The second-order valence-electron chi connectivity index (χ2n) is 3.53. The first-order valence-electron chi connectivity index (χ1n) is 5.38. The molecule has 0 saturated heterocycles. The van der Waals surface area contributed by atoms with Gasteiger partial charge < -0.3 is 9.47 Å². The number of nitrogens with zero attached hydrogens (tertiary/aromatic N) is 1. The van der Waals surface area contributed by atoms with Crippen LogP contribution in [0.2, 0.25) is 0 Å². The Bertz CT molecular complexity index is 552. The largest absolute Gasteiger partial charge is 0.573 e. The van der Waals surface area contributed by atoms with E-state index in [0.717, 1.165) is 6.07 Å². The van der Waals surface area contributed by atoms with Crippen LogP contribution in [0.25, 0.3) is 0 Å². The fourth-order valence-electron chi connectivity index (χ4n) is 1.44. The molecule has 20 heavy (non-hydrogen) atoms. The van der Waals surface area contributed by atoms with Gasteiger partial charge in [-0.15, -0.1) is 13.2 Å².